The molecule has 0 atom stereocenters. The Morgan fingerprint density at radius 2 is 1.50 bits per heavy atom. The second kappa shape index (κ2) is 9.15. The SMILES string of the molecule is O=C(O)CN(C(=O)CS(=O)(=O)CCCc1ccccc1)c1ccccc1. The molecule has 2 aromatic rings. The summed E-state index contributed by atoms with van der Waals surface area (Å²) in [4.78, 5) is 24.4. The number of amides is 1. The van der Waals surface area contributed by atoms with Crippen molar-refractivity contribution >= 4 is 27.4 Å². The van der Waals surface area contributed by atoms with Gasteiger partial charge in [0.2, 0.25) is 5.91 Å². The number of carboxylic acids is 1. The van der Waals surface area contributed by atoms with Crippen molar-refractivity contribution in [2.45, 2.75) is 12.8 Å². The Morgan fingerprint density at radius 3 is 2.08 bits per heavy atom. The van der Waals surface area contributed by atoms with E-state index in [0.717, 1.165) is 10.5 Å². The van der Waals surface area contributed by atoms with Crippen molar-refractivity contribution in [1.82, 2.24) is 0 Å². The molecule has 138 valence electrons. The first-order valence-corrected chi connectivity index (χ1v) is 10.0. The molecule has 1 N–H and O–H groups in total. The first-order chi connectivity index (χ1) is 12.4. The van der Waals surface area contributed by atoms with Crippen molar-refractivity contribution < 1.29 is 23.1 Å². The van der Waals surface area contributed by atoms with Crippen LogP contribution in [0, 0.1) is 0 Å². The molecular formula is C19H21NO5S. The number of carbonyl (C=O) groups is 2. The zero-order chi connectivity index (χ0) is 19.0. The maximum atomic E-state index is 12.4. The van der Waals surface area contributed by atoms with Crippen LogP contribution in [0.4, 0.5) is 5.69 Å². The summed E-state index contributed by atoms with van der Waals surface area (Å²) in [6, 6.07) is 17.7. The van der Waals surface area contributed by atoms with Gasteiger partial charge in [-0.05, 0) is 30.5 Å². The number of hydrogen-bond donors (Lipinski definition) is 1. The van der Waals surface area contributed by atoms with Crippen molar-refractivity contribution in [1.29, 1.82) is 0 Å². The third kappa shape index (κ3) is 6.33. The van der Waals surface area contributed by atoms with Gasteiger partial charge in [0, 0.05) is 5.69 Å². The number of benzene rings is 2. The third-order valence-electron chi connectivity index (χ3n) is 3.77. The molecule has 0 aliphatic rings. The quantitative estimate of drug-likeness (QED) is 0.725. The minimum absolute atomic E-state index is 0.122. The Hall–Kier alpha value is -2.67. The van der Waals surface area contributed by atoms with E-state index >= 15 is 0 Å². The normalized spacial score (nSPS) is 11.1. The highest BCUT2D eigenvalue weighted by Crippen LogP contribution is 2.14. The van der Waals surface area contributed by atoms with E-state index in [1.807, 2.05) is 30.3 Å². The molecule has 0 radical (unpaired) electrons. The molecule has 6 nitrogen and oxygen atoms in total. The molecule has 7 heteroatoms. The summed E-state index contributed by atoms with van der Waals surface area (Å²) < 4.78 is 24.5. The number of nitrogens with zero attached hydrogens (tertiary/aromatic N) is 1. The number of carboxylic acid groups (broad SMARTS) is 1. The first kappa shape index (κ1) is 19.7. The average molecular weight is 375 g/mol. The smallest absolute Gasteiger partial charge is 0.323 e. The molecule has 0 fully saturated rings. The molecular weight excluding hydrogens is 354 g/mol. The zero-order valence-electron chi connectivity index (χ0n) is 14.2. The van der Waals surface area contributed by atoms with Crippen molar-refractivity contribution in [2.24, 2.45) is 0 Å². The Kier molecular flexibility index (Phi) is 6.91. The third-order valence-corrected chi connectivity index (χ3v) is 5.37. The minimum atomic E-state index is -3.62. The van der Waals surface area contributed by atoms with E-state index < -0.39 is 34.0 Å². The lowest BCUT2D eigenvalue weighted by molar-refractivity contribution is -0.136. The Bertz CT molecular complexity index is 835. The summed E-state index contributed by atoms with van der Waals surface area (Å²) in [5.41, 5.74) is 1.39. The van der Waals surface area contributed by atoms with Crippen LogP contribution in [-0.4, -0.2) is 43.5 Å². The van der Waals surface area contributed by atoms with Crippen molar-refractivity contribution in [3.63, 3.8) is 0 Å². The van der Waals surface area contributed by atoms with Gasteiger partial charge in [-0.1, -0.05) is 48.5 Å². The lowest BCUT2D eigenvalue weighted by atomic mass is 10.1. The Morgan fingerprint density at radius 1 is 0.923 bits per heavy atom. The van der Waals surface area contributed by atoms with Crippen LogP contribution in [0.5, 0.6) is 0 Å². The second-order valence-corrected chi connectivity index (χ2v) is 8.07. The highest BCUT2D eigenvalue weighted by Gasteiger charge is 2.24. The number of aryl methyl sites for hydroxylation is 1. The highest BCUT2D eigenvalue weighted by molar-refractivity contribution is 7.92. The molecule has 0 saturated heterocycles. The number of anilines is 1. The van der Waals surface area contributed by atoms with Crippen LogP contribution in [0.1, 0.15) is 12.0 Å². The van der Waals surface area contributed by atoms with Crippen LogP contribution >= 0.6 is 0 Å². The summed E-state index contributed by atoms with van der Waals surface area (Å²) in [5, 5.41) is 9.02. The fourth-order valence-electron chi connectivity index (χ4n) is 2.55. The van der Waals surface area contributed by atoms with Crippen molar-refractivity contribution in [2.75, 3.05) is 23.0 Å². The van der Waals surface area contributed by atoms with Crippen LogP contribution in [0.2, 0.25) is 0 Å². The molecule has 0 aliphatic carbocycles. The van der Waals surface area contributed by atoms with E-state index in [1.54, 1.807) is 30.3 Å². The summed E-state index contributed by atoms with van der Waals surface area (Å²) in [7, 11) is -3.62. The van der Waals surface area contributed by atoms with Gasteiger partial charge in [0.05, 0.1) is 5.75 Å². The lowest BCUT2D eigenvalue weighted by Gasteiger charge is -2.20. The van der Waals surface area contributed by atoms with Crippen LogP contribution in [0.15, 0.2) is 60.7 Å². The monoisotopic (exact) mass is 375 g/mol. The van der Waals surface area contributed by atoms with Crippen LogP contribution < -0.4 is 4.90 Å². The second-order valence-electron chi connectivity index (χ2n) is 5.89. The van der Waals surface area contributed by atoms with E-state index in [2.05, 4.69) is 0 Å². The molecule has 0 unspecified atom stereocenters. The predicted octanol–water partition coefficient (Wildman–Crippen LogP) is 2.15. The molecule has 0 saturated carbocycles. The van der Waals surface area contributed by atoms with Gasteiger partial charge in [0.25, 0.3) is 0 Å². The van der Waals surface area contributed by atoms with E-state index in [-0.39, 0.29) is 5.75 Å². The first-order valence-electron chi connectivity index (χ1n) is 8.19. The van der Waals surface area contributed by atoms with Gasteiger partial charge in [-0.3, -0.25) is 9.59 Å². The number of rotatable bonds is 9. The number of hydrogen-bond acceptors (Lipinski definition) is 4. The molecule has 0 spiro atoms. The van der Waals surface area contributed by atoms with Gasteiger partial charge >= 0.3 is 5.97 Å². The molecule has 2 aromatic carbocycles. The largest absolute Gasteiger partial charge is 0.480 e. The van der Waals surface area contributed by atoms with Crippen molar-refractivity contribution in [3.8, 4) is 0 Å². The molecule has 0 aromatic heterocycles. The predicted molar refractivity (Wildman–Crippen MR) is 99.8 cm³/mol. The minimum Gasteiger partial charge on any atom is -0.480 e. The van der Waals surface area contributed by atoms with E-state index in [9.17, 15) is 18.0 Å². The van der Waals surface area contributed by atoms with Crippen LogP contribution in [-0.2, 0) is 25.8 Å². The van der Waals surface area contributed by atoms with Gasteiger partial charge in [-0.2, -0.15) is 0 Å². The van der Waals surface area contributed by atoms with Gasteiger partial charge in [-0.15, -0.1) is 0 Å². The lowest BCUT2D eigenvalue weighted by Crippen LogP contribution is -2.39. The van der Waals surface area contributed by atoms with E-state index in [4.69, 9.17) is 5.11 Å². The summed E-state index contributed by atoms with van der Waals surface area (Å²) in [5.74, 6) is -2.77. The summed E-state index contributed by atoms with van der Waals surface area (Å²) in [6.07, 6.45) is 1.01. The standard InChI is InChI=1S/C19H21NO5S/c21-18(20(14-19(22)23)17-11-5-2-6-12-17)15-26(24,25)13-7-10-16-8-3-1-4-9-16/h1-6,8-9,11-12H,7,10,13-15H2,(H,22,23). The van der Waals surface area contributed by atoms with Crippen LogP contribution in [0.3, 0.4) is 0 Å². The van der Waals surface area contributed by atoms with E-state index in [1.165, 1.54) is 0 Å². The van der Waals surface area contributed by atoms with Gasteiger partial charge < -0.3 is 10.0 Å². The Balaban J connectivity index is 1.99. The summed E-state index contributed by atoms with van der Waals surface area (Å²) in [6.45, 7) is -0.581. The molecule has 0 bridgehead atoms. The molecule has 1 amide bonds. The van der Waals surface area contributed by atoms with Gasteiger partial charge in [0.1, 0.15) is 12.3 Å². The molecule has 2 rings (SSSR count). The highest BCUT2D eigenvalue weighted by atomic mass is 32.2. The number of sulfone groups is 1. The fourth-order valence-corrected chi connectivity index (χ4v) is 3.81. The van der Waals surface area contributed by atoms with Gasteiger partial charge in [-0.25, -0.2) is 8.42 Å². The summed E-state index contributed by atoms with van der Waals surface area (Å²) >= 11 is 0. The topological polar surface area (TPSA) is 91.8 Å². The van der Waals surface area contributed by atoms with Gasteiger partial charge in [0.15, 0.2) is 9.84 Å². The Labute approximate surface area is 153 Å². The molecule has 0 aliphatic heterocycles. The average Bonchev–Trinajstić information content (AvgIpc) is 2.60. The number of para-hydroxylation sites is 1. The fraction of sp³-hybridized carbons (Fsp3) is 0.263. The zero-order valence-corrected chi connectivity index (χ0v) is 15.1. The molecule has 26 heavy (non-hydrogen) atoms. The number of carbonyl (C=O) groups excluding carboxylic acids is 1. The molecule has 0 heterocycles. The van der Waals surface area contributed by atoms with E-state index in [0.29, 0.717) is 18.5 Å². The van der Waals surface area contributed by atoms with Crippen molar-refractivity contribution in [3.05, 3.63) is 66.2 Å². The maximum absolute atomic E-state index is 12.4. The maximum Gasteiger partial charge on any atom is 0.323 e. The number of aliphatic carboxylic acids is 1. The van der Waals surface area contributed by atoms with Crippen LogP contribution in [0.25, 0.3) is 0 Å².